The number of nitrogens with one attached hydrogen (secondary N) is 1. The molecule has 5 heteroatoms. The van der Waals surface area contributed by atoms with Crippen molar-refractivity contribution in [2.45, 2.75) is 0 Å². The number of hydrogen-bond donors (Lipinski definition) is 1. The molecule has 0 saturated heterocycles. The van der Waals surface area contributed by atoms with E-state index in [1.807, 2.05) is 54.6 Å². The third kappa shape index (κ3) is 3.52. The fourth-order valence-electron chi connectivity index (χ4n) is 2.54. The molecule has 0 spiro atoms. The molecule has 0 atom stereocenters. The highest BCUT2D eigenvalue weighted by molar-refractivity contribution is 6.04. The summed E-state index contributed by atoms with van der Waals surface area (Å²) < 4.78 is 5.77. The molecule has 1 N–H and O–H groups in total. The SMILES string of the molecule is O=C(Nc1ccccc1)c1cccc(Oc2cnc3ccccc3n2)c1. The monoisotopic (exact) mass is 341 g/mol. The van der Waals surface area contributed by atoms with E-state index in [1.165, 1.54) is 0 Å². The number of rotatable bonds is 4. The summed E-state index contributed by atoms with van der Waals surface area (Å²) in [6, 6.07) is 23.8. The molecule has 0 aliphatic carbocycles. The number of aromatic nitrogens is 2. The third-order valence-corrected chi connectivity index (χ3v) is 3.78. The molecule has 0 bridgehead atoms. The summed E-state index contributed by atoms with van der Waals surface area (Å²) in [6.07, 6.45) is 1.57. The highest BCUT2D eigenvalue weighted by atomic mass is 16.5. The first kappa shape index (κ1) is 15.8. The smallest absolute Gasteiger partial charge is 0.255 e. The molecule has 0 saturated carbocycles. The molecule has 1 heterocycles. The average molecular weight is 341 g/mol. The zero-order valence-corrected chi connectivity index (χ0v) is 13.8. The highest BCUT2D eigenvalue weighted by Gasteiger charge is 2.08. The Balaban J connectivity index is 1.54. The number of hydrogen-bond acceptors (Lipinski definition) is 4. The van der Waals surface area contributed by atoms with Gasteiger partial charge in [-0.1, -0.05) is 36.4 Å². The second kappa shape index (κ2) is 7.03. The van der Waals surface area contributed by atoms with Gasteiger partial charge >= 0.3 is 0 Å². The Kier molecular flexibility index (Phi) is 4.26. The van der Waals surface area contributed by atoms with Crippen LogP contribution in [0.15, 0.2) is 85.1 Å². The van der Waals surface area contributed by atoms with E-state index in [9.17, 15) is 4.79 Å². The van der Waals surface area contributed by atoms with E-state index in [0.717, 1.165) is 16.7 Å². The Morgan fingerprint density at radius 2 is 1.62 bits per heavy atom. The van der Waals surface area contributed by atoms with Gasteiger partial charge in [-0.05, 0) is 42.5 Å². The Morgan fingerprint density at radius 1 is 0.846 bits per heavy atom. The first-order valence-corrected chi connectivity index (χ1v) is 8.14. The van der Waals surface area contributed by atoms with Gasteiger partial charge < -0.3 is 10.1 Å². The summed E-state index contributed by atoms with van der Waals surface area (Å²) in [7, 11) is 0. The van der Waals surface area contributed by atoms with E-state index in [1.54, 1.807) is 30.5 Å². The average Bonchev–Trinajstić information content (AvgIpc) is 2.69. The van der Waals surface area contributed by atoms with Crippen LogP contribution in [0.1, 0.15) is 10.4 Å². The lowest BCUT2D eigenvalue weighted by Gasteiger charge is -2.08. The molecule has 1 aromatic heterocycles. The Bertz CT molecular complexity index is 1060. The van der Waals surface area contributed by atoms with Gasteiger partial charge in [-0.15, -0.1) is 0 Å². The maximum atomic E-state index is 12.4. The predicted molar refractivity (Wildman–Crippen MR) is 100 cm³/mol. The molecule has 4 rings (SSSR count). The molecule has 0 aliphatic rings. The minimum Gasteiger partial charge on any atom is -0.437 e. The first-order valence-electron chi connectivity index (χ1n) is 8.14. The molecule has 126 valence electrons. The quantitative estimate of drug-likeness (QED) is 0.586. The first-order chi connectivity index (χ1) is 12.8. The van der Waals surface area contributed by atoms with Crippen molar-refractivity contribution in [2.24, 2.45) is 0 Å². The van der Waals surface area contributed by atoms with Crippen molar-refractivity contribution < 1.29 is 9.53 Å². The standard InChI is InChI=1S/C21H15N3O2/c25-21(23-16-8-2-1-3-9-16)15-7-6-10-17(13-15)26-20-14-22-18-11-4-5-12-19(18)24-20/h1-14H,(H,23,25). The minimum absolute atomic E-state index is 0.203. The number of carbonyl (C=O) groups excluding carboxylic acids is 1. The van der Waals surface area contributed by atoms with Crippen LogP contribution in [0.3, 0.4) is 0 Å². The van der Waals surface area contributed by atoms with E-state index < -0.39 is 0 Å². The largest absolute Gasteiger partial charge is 0.437 e. The van der Waals surface area contributed by atoms with Crippen LogP contribution in [-0.2, 0) is 0 Å². The van der Waals surface area contributed by atoms with Crippen LogP contribution in [0, 0.1) is 0 Å². The lowest BCUT2D eigenvalue weighted by atomic mass is 10.2. The van der Waals surface area contributed by atoms with Gasteiger partial charge in [-0.25, -0.2) is 9.97 Å². The summed E-state index contributed by atoms with van der Waals surface area (Å²) in [5.74, 6) is 0.700. The maximum Gasteiger partial charge on any atom is 0.255 e. The lowest BCUT2D eigenvalue weighted by molar-refractivity contribution is 0.102. The number of nitrogens with zero attached hydrogens (tertiary/aromatic N) is 2. The summed E-state index contributed by atoms with van der Waals surface area (Å²) >= 11 is 0. The van der Waals surface area contributed by atoms with Crippen LogP contribution in [0.5, 0.6) is 11.6 Å². The van der Waals surface area contributed by atoms with Crippen molar-refractivity contribution in [3.05, 3.63) is 90.6 Å². The number of fused-ring (bicyclic) bond motifs is 1. The van der Waals surface area contributed by atoms with E-state index in [-0.39, 0.29) is 5.91 Å². The molecular weight excluding hydrogens is 326 g/mol. The number of para-hydroxylation sites is 3. The number of benzene rings is 3. The van der Waals surface area contributed by atoms with Crippen molar-refractivity contribution in [3.63, 3.8) is 0 Å². The fraction of sp³-hybridized carbons (Fsp3) is 0. The molecular formula is C21H15N3O2. The Morgan fingerprint density at radius 3 is 2.46 bits per heavy atom. The summed E-state index contributed by atoms with van der Waals surface area (Å²) in [6.45, 7) is 0. The van der Waals surface area contributed by atoms with Gasteiger partial charge in [0.25, 0.3) is 5.91 Å². The molecule has 0 fully saturated rings. The Labute approximate surface area is 150 Å². The van der Waals surface area contributed by atoms with Gasteiger partial charge in [0.15, 0.2) is 0 Å². The topological polar surface area (TPSA) is 64.1 Å². The second-order valence-corrected chi connectivity index (χ2v) is 5.65. The molecule has 5 nitrogen and oxygen atoms in total. The lowest BCUT2D eigenvalue weighted by Crippen LogP contribution is -2.11. The number of anilines is 1. The molecule has 3 aromatic carbocycles. The van der Waals surface area contributed by atoms with Crippen molar-refractivity contribution in [1.82, 2.24) is 9.97 Å². The third-order valence-electron chi connectivity index (χ3n) is 3.78. The van der Waals surface area contributed by atoms with Gasteiger partial charge in [0, 0.05) is 11.3 Å². The maximum absolute atomic E-state index is 12.4. The van der Waals surface area contributed by atoms with Crippen molar-refractivity contribution >= 4 is 22.6 Å². The van der Waals surface area contributed by atoms with Crippen LogP contribution in [0.25, 0.3) is 11.0 Å². The van der Waals surface area contributed by atoms with Crippen molar-refractivity contribution in [1.29, 1.82) is 0 Å². The van der Waals surface area contributed by atoms with Crippen LogP contribution in [-0.4, -0.2) is 15.9 Å². The van der Waals surface area contributed by atoms with Crippen molar-refractivity contribution in [3.8, 4) is 11.6 Å². The summed E-state index contributed by atoms with van der Waals surface area (Å²) in [4.78, 5) is 21.2. The van der Waals surface area contributed by atoms with E-state index in [0.29, 0.717) is 17.2 Å². The van der Waals surface area contributed by atoms with E-state index in [4.69, 9.17) is 4.74 Å². The highest BCUT2D eigenvalue weighted by Crippen LogP contribution is 2.22. The zero-order chi connectivity index (χ0) is 17.8. The van der Waals surface area contributed by atoms with Crippen LogP contribution in [0.4, 0.5) is 5.69 Å². The number of amides is 1. The normalized spacial score (nSPS) is 10.5. The Hall–Kier alpha value is -3.73. The van der Waals surface area contributed by atoms with Crippen molar-refractivity contribution in [2.75, 3.05) is 5.32 Å². The minimum atomic E-state index is -0.203. The molecule has 1 amide bonds. The van der Waals surface area contributed by atoms with Gasteiger partial charge in [0.05, 0.1) is 17.2 Å². The molecule has 0 radical (unpaired) electrons. The zero-order valence-electron chi connectivity index (χ0n) is 13.8. The second-order valence-electron chi connectivity index (χ2n) is 5.65. The number of carbonyl (C=O) groups is 1. The molecule has 0 aliphatic heterocycles. The van der Waals surface area contributed by atoms with E-state index in [2.05, 4.69) is 15.3 Å². The van der Waals surface area contributed by atoms with Crippen LogP contribution < -0.4 is 10.1 Å². The molecule has 4 aromatic rings. The van der Waals surface area contributed by atoms with E-state index >= 15 is 0 Å². The van der Waals surface area contributed by atoms with Gasteiger partial charge in [0.1, 0.15) is 5.75 Å². The summed E-state index contributed by atoms with van der Waals surface area (Å²) in [5.41, 5.74) is 2.79. The number of ether oxygens (including phenoxy) is 1. The van der Waals surface area contributed by atoms with Gasteiger partial charge in [-0.2, -0.15) is 0 Å². The summed E-state index contributed by atoms with van der Waals surface area (Å²) in [5, 5.41) is 2.85. The van der Waals surface area contributed by atoms with Gasteiger partial charge in [-0.3, -0.25) is 4.79 Å². The fourth-order valence-corrected chi connectivity index (χ4v) is 2.54. The molecule has 0 unspecified atom stereocenters. The molecule has 26 heavy (non-hydrogen) atoms. The predicted octanol–water partition coefficient (Wildman–Crippen LogP) is 4.67. The van der Waals surface area contributed by atoms with Crippen LogP contribution >= 0.6 is 0 Å². The van der Waals surface area contributed by atoms with Gasteiger partial charge in [0.2, 0.25) is 5.88 Å². The van der Waals surface area contributed by atoms with Crippen LogP contribution in [0.2, 0.25) is 0 Å².